The molecule has 50 valence electrons. The second-order valence-corrected chi connectivity index (χ2v) is 2.14. The van der Waals surface area contributed by atoms with Crippen molar-refractivity contribution in [2.75, 3.05) is 0 Å². The smallest absolute Gasteiger partial charge is 0.0751 e. The lowest BCUT2D eigenvalue weighted by Gasteiger charge is -2.05. The van der Waals surface area contributed by atoms with Gasteiger partial charge in [0.2, 0.25) is 0 Å². The molecule has 1 aliphatic carbocycles. The molecule has 0 fully saturated rings. The van der Waals surface area contributed by atoms with Crippen LogP contribution in [0.3, 0.4) is 0 Å². The van der Waals surface area contributed by atoms with Crippen molar-refractivity contribution in [2.45, 2.75) is 18.6 Å². The highest BCUT2D eigenvalue weighted by atomic mass is 16.3. The summed E-state index contributed by atoms with van der Waals surface area (Å²) in [7, 11) is 0. The van der Waals surface area contributed by atoms with Gasteiger partial charge in [0.05, 0.1) is 12.2 Å². The molecule has 0 aliphatic heterocycles. The molecule has 0 aromatic heterocycles. The average molecular weight is 126 g/mol. The molecule has 9 heavy (non-hydrogen) atoms. The molecule has 0 amide bonds. The minimum atomic E-state index is -0.491. The first kappa shape index (κ1) is 6.52. The highest BCUT2D eigenvalue weighted by Crippen LogP contribution is 2.04. The van der Waals surface area contributed by atoms with Gasteiger partial charge in [0, 0.05) is 6.42 Å². The Morgan fingerprint density at radius 2 is 1.44 bits per heavy atom. The molecule has 0 aromatic rings. The monoisotopic (exact) mass is 126 g/mol. The van der Waals surface area contributed by atoms with Gasteiger partial charge >= 0.3 is 0 Å². The lowest BCUT2D eigenvalue weighted by atomic mass is 10.2. The summed E-state index contributed by atoms with van der Waals surface area (Å²) in [6, 6.07) is 0. The maximum atomic E-state index is 8.97. The van der Waals surface area contributed by atoms with E-state index in [-0.39, 0.29) is 0 Å². The van der Waals surface area contributed by atoms with E-state index in [9.17, 15) is 0 Å². The van der Waals surface area contributed by atoms with Crippen molar-refractivity contribution in [3.8, 4) is 0 Å². The van der Waals surface area contributed by atoms with E-state index in [1.54, 1.807) is 24.3 Å². The van der Waals surface area contributed by atoms with Gasteiger partial charge in [-0.05, 0) is 0 Å². The summed E-state index contributed by atoms with van der Waals surface area (Å²) in [4.78, 5) is 0. The predicted octanol–water partition coefficient (Wildman–Crippen LogP) is 0.224. The maximum Gasteiger partial charge on any atom is 0.0751 e. The van der Waals surface area contributed by atoms with Crippen LogP contribution in [0.25, 0.3) is 0 Å². The topological polar surface area (TPSA) is 40.5 Å². The van der Waals surface area contributed by atoms with Gasteiger partial charge in [0.1, 0.15) is 0 Å². The fourth-order valence-corrected chi connectivity index (χ4v) is 0.789. The zero-order valence-corrected chi connectivity index (χ0v) is 5.07. The number of aliphatic hydroxyl groups excluding tert-OH is 2. The van der Waals surface area contributed by atoms with Crippen molar-refractivity contribution in [2.24, 2.45) is 0 Å². The zero-order valence-electron chi connectivity index (χ0n) is 5.07. The summed E-state index contributed by atoms with van der Waals surface area (Å²) in [6.45, 7) is 0. The first-order chi connectivity index (χ1) is 4.29. The molecule has 2 nitrogen and oxygen atoms in total. The second-order valence-electron chi connectivity index (χ2n) is 2.14. The Labute approximate surface area is 54.1 Å². The molecule has 1 aliphatic rings. The van der Waals surface area contributed by atoms with Crippen LogP contribution in [0.5, 0.6) is 0 Å². The SMILES string of the molecule is O[C@@H]1C=CC=C[C@H](O)C1. The number of hydrogen-bond donors (Lipinski definition) is 2. The normalized spacial score (nSPS) is 34.4. The molecule has 2 N–H and O–H groups in total. The van der Waals surface area contributed by atoms with Crippen LogP contribution in [-0.4, -0.2) is 22.4 Å². The van der Waals surface area contributed by atoms with Crippen LogP contribution >= 0.6 is 0 Å². The minimum Gasteiger partial charge on any atom is -0.389 e. The molecule has 2 heteroatoms. The summed E-state index contributed by atoms with van der Waals surface area (Å²) in [6.07, 6.45) is 6.22. The molecule has 0 spiro atoms. The van der Waals surface area contributed by atoms with Crippen molar-refractivity contribution in [3.63, 3.8) is 0 Å². The highest BCUT2D eigenvalue weighted by molar-refractivity contribution is 5.10. The zero-order chi connectivity index (χ0) is 6.69. The van der Waals surface area contributed by atoms with Crippen LogP contribution in [0.4, 0.5) is 0 Å². The molecular formula is C7H10O2. The number of aliphatic hydroxyl groups is 2. The Bertz CT molecular complexity index is 122. The van der Waals surface area contributed by atoms with E-state index in [1.807, 2.05) is 0 Å². The van der Waals surface area contributed by atoms with Gasteiger partial charge < -0.3 is 10.2 Å². The van der Waals surface area contributed by atoms with Crippen molar-refractivity contribution in [1.82, 2.24) is 0 Å². The summed E-state index contributed by atoms with van der Waals surface area (Å²) < 4.78 is 0. The predicted molar refractivity (Wildman–Crippen MR) is 34.9 cm³/mol. The van der Waals surface area contributed by atoms with Crippen molar-refractivity contribution >= 4 is 0 Å². The Morgan fingerprint density at radius 3 is 1.89 bits per heavy atom. The fraction of sp³-hybridized carbons (Fsp3) is 0.429. The van der Waals surface area contributed by atoms with Crippen LogP contribution in [0.1, 0.15) is 6.42 Å². The maximum absolute atomic E-state index is 8.97. The first-order valence-electron chi connectivity index (χ1n) is 3.00. The Balaban J connectivity index is 2.54. The number of rotatable bonds is 0. The van der Waals surface area contributed by atoms with Gasteiger partial charge in [-0.3, -0.25) is 0 Å². The van der Waals surface area contributed by atoms with E-state index in [2.05, 4.69) is 0 Å². The van der Waals surface area contributed by atoms with Crippen molar-refractivity contribution < 1.29 is 10.2 Å². The third-order valence-corrected chi connectivity index (χ3v) is 1.26. The third-order valence-electron chi connectivity index (χ3n) is 1.26. The largest absolute Gasteiger partial charge is 0.389 e. The molecule has 0 aromatic carbocycles. The molecule has 0 heterocycles. The standard InChI is InChI=1S/C7H10O2/c8-6-3-1-2-4-7(9)5-6/h1-4,6-9H,5H2/t6-,7+. The first-order valence-corrected chi connectivity index (χ1v) is 3.00. The minimum absolute atomic E-state index is 0.410. The fourth-order valence-electron chi connectivity index (χ4n) is 0.789. The number of allylic oxidation sites excluding steroid dienone is 2. The van der Waals surface area contributed by atoms with E-state index < -0.39 is 12.2 Å². The second kappa shape index (κ2) is 2.80. The van der Waals surface area contributed by atoms with Crippen LogP contribution in [-0.2, 0) is 0 Å². The molecule has 0 saturated heterocycles. The highest BCUT2D eigenvalue weighted by Gasteiger charge is 2.06. The summed E-state index contributed by atoms with van der Waals surface area (Å²) in [5, 5.41) is 17.9. The van der Waals surface area contributed by atoms with Gasteiger partial charge in [-0.1, -0.05) is 24.3 Å². The van der Waals surface area contributed by atoms with E-state index >= 15 is 0 Å². The van der Waals surface area contributed by atoms with Gasteiger partial charge in [-0.2, -0.15) is 0 Å². The van der Waals surface area contributed by atoms with Crippen LogP contribution < -0.4 is 0 Å². The number of hydrogen-bond acceptors (Lipinski definition) is 2. The molecule has 0 radical (unpaired) electrons. The summed E-state index contributed by atoms with van der Waals surface area (Å²) in [5.74, 6) is 0. The molecule has 0 unspecified atom stereocenters. The third kappa shape index (κ3) is 2.00. The van der Waals surface area contributed by atoms with E-state index in [1.165, 1.54) is 0 Å². The van der Waals surface area contributed by atoms with Crippen LogP contribution in [0.2, 0.25) is 0 Å². The van der Waals surface area contributed by atoms with Crippen LogP contribution in [0.15, 0.2) is 24.3 Å². The van der Waals surface area contributed by atoms with E-state index in [4.69, 9.17) is 10.2 Å². The van der Waals surface area contributed by atoms with Crippen molar-refractivity contribution in [1.29, 1.82) is 0 Å². The molecule has 0 saturated carbocycles. The lowest BCUT2D eigenvalue weighted by Crippen LogP contribution is -2.11. The Hall–Kier alpha value is -0.600. The lowest BCUT2D eigenvalue weighted by molar-refractivity contribution is 0.134. The van der Waals surface area contributed by atoms with Gasteiger partial charge in [-0.15, -0.1) is 0 Å². The van der Waals surface area contributed by atoms with Crippen LogP contribution in [0, 0.1) is 0 Å². The molecule has 0 bridgehead atoms. The molecule has 1 rings (SSSR count). The Morgan fingerprint density at radius 1 is 1.00 bits per heavy atom. The summed E-state index contributed by atoms with van der Waals surface area (Å²) >= 11 is 0. The summed E-state index contributed by atoms with van der Waals surface area (Å²) in [5.41, 5.74) is 0. The molecular weight excluding hydrogens is 116 g/mol. The van der Waals surface area contributed by atoms with Gasteiger partial charge in [-0.25, -0.2) is 0 Å². The van der Waals surface area contributed by atoms with E-state index in [0.29, 0.717) is 6.42 Å². The van der Waals surface area contributed by atoms with E-state index in [0.717, 1.165) is 0 Å². The Kier molecular flexibility index (Phi) is 2.03. The molecule has 2 atom stereocenters. The van der Waals surface area contributed by atoms with Crippen molar-refractivity contribution in [3.05, 3.63) is 24.3 Å². The van der Waals surface area contributed by atoms with Gasteiger partial charge in [0.25, 0.3) is 0 Å². The average Bonchev–Trinajstić information content (AvgIpc) is 1.93. The quantitative estimate of drug-likeness (QED) is 0.487. The van der Waals surface area contributed by atoms with Gasteiger partial charge in [0.15, 0.2) is 0 Å².